The van der Waals surface area contributed by atoms with Crippen molar-refractivity contribution in [1.82, 2.24) is 4.90 Å². The largest absolute Gasteiger partial charge is 0.309 e. The molecule has 1 fully saturated rings. The standard InChI is InChI=1S/C11H15N3O2/c12-6-4-9(8-13)5-7-14-10(15)2-1-3-11(14)16/h4,6,8,12-13H,1-3,5,7H2/b9-4-,12-6?,13-8?. The molecule has 0 aromatic heterocycles. The number of carbonyl (C=O) groups excluding carboxylic acids is 2. The molecule has 0 atom stereocenters. The lowest BCUT2D eigenvalue weighted by molar-refractivity contribution is -0.147. The first-order chi connectivity index (χ1) is 7.69. The van der Waals surface area contributed by atoms with Gasteiger partial charge in [0.05, 0.1) is 0 Å². The number of imide groups is 1. The number of likely N-dealkylation sites (tertiary alicyclic amines) is 1. The average molecular weight is 221 g/mol. The Morgan fingerprint density at radius 2 is 1.88 bits per heavy atom. The lowest BCUT2D eigenvalue weighted by Gasteiger charge is -2.24. The molecule has 0 aromatic carbocycles. The highest BCUT2D eigenvalue weighted by Gasteiger charge is 2.25. The SMILES string of the molecule is N=C/C=C(\C=N)CCN1C(=O)CCCC1=O. The topological polar surface area (TPSA) is 85.1 Å². The first-order valence-corrected chi connectivity index (χ1v) is 5.22. The molecule has 0 radical (unpaired) electrons. The molecular weight excluding hydrogens is 206 g/mol. The van der Waals surface area contributed by atoms with Crippen LogP contribution in [0.3, 0.4) is 0 Å². The van der Waals surface area contributed by atoms with Crippen LogP contribution in [0.25, 0.3) is 0 Å². The van der Waals surface area contributed by atoms with E-state index in [4.69, 9.17) is 10.8 Å². The van der Waals surface area contributed by atoms with Gasteiger partial charge in [-0.15, -0.1) is 0 Å². The van der Waals surface area contributed by atoms with Crippen LogP contribution in [0.1, 0.15) is 25.7 Å². The zero-order valence-electron chi connectivity index (χ0n) is 9.03. The molecule has 0 unspecified atom stereocenters. The van der Waals surface area contributed by atoms with Crippen molar-refractivity contribution in [2.45, 2.75) is 25.7 Å². The predicted molar refractivity (Wildman–Crippen MR) is 60.8 cm³/mol. The molecule has 0 aromatic rings. The quantitative estimate of drug-likeness (QED) is 0.539. The van der Waals surface area contributed by atoms with Crippen LogP contribution >= 0.6 is 0 Å². The fraction of sp³-hybridized carbons (Fsp3) is 0.455. The minimum atomic E-state index is -0.129. The van der Waals surface area contributed by atoms with Gasteiger partial charge >= 0.3 is 0 Å². The van der Waals surface area contributed by atoms with E-state index in [-0.39, 0.29) is 11.8 Å². The summed E-state index contributed by atoms with van der Waals surface area (Å²) in [6.07, 6.45) is 5.67. The zero-order valence-corrected chi connectivity index (χ0v) is 9.03. The molecule has 16 heavy (non-hydrogen) atoms. The van der Waals surface area contributed by atoms with Crippen molar-refractivity contribution in [3.8, 4) is 0 Å². The van der Waals surface area contributed by atoms with Crippen LogP contribution in [0.4, 0.5) is 0 Å². The molecule has 0 saturated carbocycles. The van der Waals surface area contributed by atoms with Gasteiger partial charge in [-0.3, -0.25) is 14.5 Å². The second-order valence-corrected chi connectivity index (χ2v) is 3.60. The molecule has 86 valence electrons. The van der Waals surface area contributed by atoms with Crippen LogP contribution in [0.5, 0.6) is 0 Å². The fourth-order valence-electron chi connectivity index (χ4n) is 1.60. The number of piperidine rings is 1. The van der Waals surface area contributed by atoms with Crippen LogP contribution in [0.2, 0.25) is 0 Å². The van der Waals surface area contributed by atoms with E-state index in [0.717, 1.165) is 12.4 Å². The molecule has 0 spiro atoms. The molecule has 1 saturated heterocycles. The third-order valence-corrected chi connectivity index (χ3v) is 2.49. The Labute approximate surface area is 94.1 Å². The Kier molecular flexibility index (Phi) is 4.57. The summed E-state index contributed by atoms with van der Waals surface area (Å²) in [6, 6.07) is 0. The third kappa shape index (κ3) is 3.12. The van der Waals surface area contributed by atoms with E-state index in [2.05, 4.69) is 0 Å². The van der Waals surface area contributed by atoms with E-state index in [1.807, 2.05) is 0 Å². The number of hydrogen-bond donors (Lipinski definition) is 2. The number of hydrogen-bond acceptors (Lipinski definition) is 4. The highest BCUT2D eigenvalue weighted by molar-refractivity contribution is 5.97. The molecule has 1 heterocycles. The Bertz CT molecular complexity index is 331. The van der Waals surface area contributed by atoms with Crippen molar-refractivity contribution in [3.63, 3.8) is 0 Å². The normalized spacial score (nSPS) is 17.5. The maximum absolute atomic E-state index is 11.4. The summed E-state index contributed by atoms with van der Waals surface area (Å²) in [7, 11) is 0. The molecule has 5 nitrogen and oxygen atoms in total. The second-order valence-electron chi connectivity index (χ2n) is 3.60. The minimum absolute atomic E-state index is 0.129. The van der Waals surface area contributed by atoms with Gasteiger partial charge in [0.25, 0.3) is 0 Å². The molecule has 2 amide bonds. The van der Waals surface area contributed by atoms with Gasteiger partial charge in [-0.1, -0.05) is 0 Å². The highest BCUT2D eigenvalue weighted by Crippen LogP contribution is 2.13. The molecule has 0 bridgehead atoms. The monoisotopic (exact) mass is 221 g/mol. The van der Waals surface area contributed by atoms with E-state index >= 15 is 0 Å². The van der Waals surface area contributed by atoms with Gasteiger partial charge in [-0.25, -0.2) is 0 Å². The van der Waals surface area contributed by atoms with Gasteiger partial charge in [0.15, 0.2) is 0 Å². The molecule has 5 heteroatoms. The summed E-state index contributed by atoms with van der Waals surface area (Å²) in [6.45, 7) is 0.312. The summed E-state index contributed by atoms with van der Waals surface area (Å²) in [4.78, 5) is 24.1. The number of nitrogens with one attached hydrogen (secondary N) is 2. The van der Waals surface area contributed by atoms with E-state index in [1.54, 1.807) is 0 Å². The number of carbonyl (C=O) groups is 2. The summed E-state index contributed by atoms with van der Waals surface area (Å²) < 4.78 is 0. The Hall–Kier alpha value is -1.78. The third-order valence-electron chi connectivity index (χ3n) is 2.49. The van der Waals surface area contributed by atoms with Crippen LogP contribution in [0, 0.1) is 10.8 Å². The van der Waals surface area contributed by atoms with Gasteiger partial charge in [-0.2, -0.15) is 0 Å². The molecular formula is C11H15N3O2. The summed E-state index contributed by atoms with van der Waals surface area (Å²) >= 11 is 0. The number of allylic oxidation sites excluding steroid dienone is 1. The minimum Gasteiger partial charge on any atom is -0.309 e. The number of rotatable bonds is 5. The van der Waals surface area contributed by atoms with Gasteiger partial charge in [0.2, 0.25) is 11.8 Å². The van der Waals surface area contributed by atoms with E-state index in [1.165, 1.54) is 11.0 Å². The molecule has 2 N–H and O–H groups in total. The summed E-state index contributed by atoms with van der Waals surface area (Å²) in [5.74, 6) is -0.258. The summed E-state index contributed by atoms with van der Waals surface area (Å²) in [5, 5.41) is 14.0. The molecule has 0 aliphatic carbocycles. The fourth-order valence-corrected chi connectivity index (χ4v) is 1.60. The van der Waals surface area contributed by atoms with Crippen LogP contribution < -0.4 is 0 Å². The average Bonchev–Trinajstić information content (AvgIpc) is 2.27. The van der Waals surface area contributed by atoms with Gasteiger partial charge in [-0.05, 0) is 24.5 Å². The van der Waals surface area contributed by atoms with Gasteiger partial charge in [0, 0.05) is 31.8 Å². The van der Waals surface area contributed by atoms with Crippen LogP contribution in [-0.2, 0) is 9.59 Å². The van der Waals surface area contributed by atoms with Gasteiger partial charge < -0.3 is 10.8 Å². The number of nitrogens with zero attached hydrogens (tertiary/aromatic N) is 1. The van der Waals surface area contributed by atoms with Crippen LogP contribution in [0.15, 0.2) is 11.6 Å². The lowest BCUT2D eigenvalue weighted by atomic mass is 10.1. The van der Waals surface area contributed by atoms with Crippen molar-refractivity contribution in [1.29, 1.82) is 10.8 Å². The maximum atomic E-state index is 11.4. The first kappa shape index (κ1) is 12.3. The van der Waals surface area contributed by atoms with Crippen molar-refractivity contribution in [3.05, 3.63) is 11.6 Å². The van der Waals surface area contributed by atoms with E-state index in [0.29, 0.717) is 37.8 Å². The van der Waals surface area contributed by atoms with Crippen LogP contribution in [-0.4, -0.2) is 35.7 Å². The van der Waals surface area contributed by atoms with Crippen molar-refractivity contribution >= 4 is 24.2 Å². The van der Waals surface area contributed by atoms with E-state index in [9.17, 15) is 9.59 Å². The molecule has 1 aliphatic heterocycles. The van der Waals surface area contributed by atoms with Crippen molar-refractivity contribution in [2.75, 3.05) is 6.54 Å². The second kappa shape index (κ2) is 5.95. The molecule has 1 aliphatic rings. The van der Waals surface area contributed by atoms with E-state index < -0.39 is 0 Å². The smallest absolute Gasteiger partial charge is 0.229 e. The Balaban J connectivity index is 2.55. The highest BCUT2D eigenvalue weighted by atomic mass is 16.2. The lowest BCUT2D eigenvalue weighted by Crippen LogP contribution is -2.40. The Morgan fingerprint density at radius 1 is 1.25 bits per heavy atom. The molecule has 1 rings (SSSR count). The maximum Gasteiger partial charge on any atom is 0.229 e. The van der Waals surface area contributed by atoms with Gasteiger partial charge in [0.1, 0.15) is 0 Å². The van der Waals surface area contributed by atoms with Crippen molar-refractivity contribution in [2.24, 2.45) is 0 Å². The predicted octanol–water partition coefficient (Wildman–Crippen LogP) is 1.14. The summed E-state index contributed by atoms with van der Waals surface area (Å²) in [5.41, 5.74) is 0.640. The first-order valence-electron chi connectivity index (χ1n) is 5.22. The Morgan fingerprint density at radius 3 is 2.38 bits per heavy atom. The van der Waals surface area contributed by atoms with Crippen molar-refractivity contribution < 1.29 is 9.59 Å². The number of amides is 2. The zero-order chi connectivity index (χ0) is 12.0.